The fourth-order valence-electron chi connectivity index (χ4n) is 2.68. The van der Waals surface area contributed by atoms with Crippen molar-refractivity contribution in [3.8, 4) is 11.5 Å². The third kappa shape index (κ3) is 4.65. The number of hydrogen-bond acceptors (Lipinski definition) is 3. The molecule has 3 rings (SSSR count). The van der Waals surface area contributed by atoms with E-state index in [0.29, 0.717) is 28.7 Å². The first-order valence-electron chi connectivity index (χ1n) is 8.59. The second-order valence-electron chi connectivity index (χ2n) is 6.21. The second kappa shape index (κ2) is 8.52. The number of anilines is 1. The molecule has 1 N–H and O–H groups in total. The van der Waals surface area contributed by atoms with E-state index in [1.807, 2.05) is 31.2 Å². The zero-order chi connectivity index (χ0) is 20.1. The van der Waals surface area contributed by atoms with E-state index in [-0.39, 0.29) is 12.3 Å². The van der Waals surface area contributed by atoms with Gasteiger partial charge in [-0.25, -0.2) is 8.78 Å². The van der Waals surface area contributed by atoms with E-state index in [0.717, 1.165) is 11.6 Å². The number of carbonyl (C=O) groups is 1. The number of rotatable bonds is 6. The molecule has 0 unspecified atom stereocenters. The third-order valence-corrected chi connectivity index (χ3v) is 4.11. The fourth-order valence-corrected chi connectivity index (χ4v) is 2.68. The van der Waals surface area contributed by atoms with Gasteiger partial charge < -0.3 is 14.8 Å². The lowest BCUT2D eigenvalue weighted by molar-refractivity contribution is 0.102. The van der Waals surface area contributed by atoms with Crippen LogP contribution in [-0.2, 0) is 6.61 Å². The molecule has 4 nitrogen and oxygen atoms in total. The van der Waals surface area contributed by atoms with Gasteiger partial charge in [-0.3, -0.25) is 4.79 Å². The van der Waals surface area contributed by atoms with Gasteiger partial charge in [0.05, 0.1) is 12.8 Å². The second-order valence-corrected chi connectivity index (χ2v) is 6.21. The first-order chi connectivity index (χ1) is 13.5. The molecule has 0 heterocycles. The molecule has 0 saturated heterocycles. The molecule has 3 aromatic carbocycles. The lowest BCUT2D eigenvalue weighted by atomic mass is 10.1. The average Bonchev–Trinajstić information content (AvgIpc) is 2.68. The van der Waals surface area contributed by atoms with Gasteiger partial charge in [-0.1, -0.05) is 12.1 Å². The molecule has 0 saturated carbocycles. The van der Waals surface area contributed by atoms with Crippen molar-refractivity contribution in [3.63, 3.8) is 0 Å². The molecule has 1 amide bonds. The molecule has 28 heavy (non-hydrogen) atoms. The minimum atomic E-state index is -0.843. The topological polar surface area (TPSA) is 47.6 Å². The van der Waals surface area contributed by atoms with Crippen LogP contribution in [0.25, 0.3) is 0 Å². The Bertz CT molecular complexity index is 1000. The van der Waals surface area contributed by atoms with E-state index in [4.69, 9.17) is 9.47 Å². The number of ether oxygens (including phenoxy) is 2. The summed E-state index contributed by atoms with van der Waals surface area (Å²) in [6, 6.07) is 15.4. The Kier molecular flexibility index (Phi) is 5.89. The van der Waals surface area contributed by atoms with Crippen molar-refractivity contribution in [2.45, 2.75) is 13.5 Å². The Balaban J connectivity index is 1.78. The van der Waals surface area contributed by atoms with Crippen LogP contribution in [0.15, 0.2) is 60.7 Å². The molecular weight excluding hydrogens is 364 g/mol. The standard InChI is InChI=1S/C22H19F2NO3/c1-14-4-3-5-18(10-14)28-13-16-11-15(6-9-21(16)27-2)22(26)25-20-8-7-17(23)12-19(20)24/h3-12H,13H2,1-2H3,(H,25,26). The van der Waals surface area contributed by atoms with Gasteiger partial charge in [0.1, 0.15) is 29.7 Å². The Morgan fingerprint density at radius 1 is 1.04 bits per heavy atom. The van der Waals surface area contributed by atoms with Gasteiger partial charge in [0.2, 0.25) is 0 Å². The molecule has 0 aliphatic carbocycles. The van der Waals surface area contributed by atoms with Crippen LogP contribution in [0.5, 0.6) is 11.5 Å². The predicted molar refractivity (Wildman–Crippen MR) is 103 cm³/mol. The van der Waals surface area contributed by atoms with E-state index >= 15 is 0 Å². The van der Waals surface area contributed by atoms with Gasteiger partial charge in [0.25, 0.3) is 5.91 Å². The molecule has 0 radical (unpaired) electrons. The summed E-state index contributed by atoms with van der Waals surface area (Å²) in [6.07, 6.45) is 0. The Morgan fingerprint density at radius 3 is 2.57 bits per heavy atom. The average molecular weight is 383 g/mol. The molecule has 0 aliphatic heterocycles. The highest BCUT2D eigenvalue weighted by Crippen LogP contribution is 2.24. The molecule has 0 fully saturated rings. The van der Waals surface area contributed by atoms with Crippen LogP contribution in [0.1, 0.15) is 21.5 Å². The number of aryl methyl sites for hydroxylation is 1. The van der Waals surface area contributed by atoms with Crippen LogP contribution in [0.2, 0.25) is 0 Å². The Morgan fingerprint density at radius 2 is 1.86 bits per heavy atom. The molecule has 0 bridgehead atoms. The van der Waals surface area contributed by atoms with Crippen molar-refractivity contribution in [1.82, 2.24) is 0 Å². The summed E-state index contributed by atoms with van der Waals surface area (Å²) in [5, 5.41) is 2.44. The van der Waals surface area contributed by atoms with Crippen LogP contribution in [0.3, 0.4) is 0 Å². The summed E-state index contributed by atoms with van der Waals surface area (Å²) < 4.78 is 37.9. The maximum absolute atomic E-state index is 13.8. The summed E-state index contributed by atoms with van der Waals surface area (Å²) in [4.78, 5) is 12.5. The van der Waals surface area contributed by atoms with Crippen LogP contribution in [0.4, 0.5) is 14.5 Å². The minimum Gasteiger partial charge on any atom is -0.496 e. The number of carbonyl (C=O) groups excluding carboxylic acids is 1. The Labute approximate surface area is 161 Å². The van der Waals surface area contributed by atoms with Crippen LogP contribution in [0, 0.1) is 18.6 Å². The predicted octanol–water partition coefficient (Wildman–Crippen LogP) is 5.11. The largest absolute Gasteiger partial charge is 0.496 e. The zero-order valence-electron chi connectivity index (χ0n) is 15.5. The highest BCUT2D eigenvalue weighted by Gasteiger charge is 2.13. The molecule has 0 aromatic heterocycles. The van der Waals surface area contributed by atoms with Crippen LogP contribution < -0.4 is 14.8 Å². The van der Waals surface area contributed by atoms with Crippen molar-refractivity contribution >= 4 is 11.6 Å². The molecule has 144 valence electrons. The number of benzene rings is 3. The molecule has 0 spiro atoms. The normalized spacial score (nSPS) is 10.4. The van der Waals surface area contributed by atoms with E-state index in [1.54, 1.807) is 18.2 Å². The summed E-state index contributed by atoms with van der Waals surface area (Å²) in [6.45, 7) is 2.16. The molecule has 6 heteroatoms. The van der Waals surface area contributed by atoms with Gasteiger partial charge in [0.15, 0.2) is 0 Å². The maximum atomic E-state index is 13.8. The number of methoxy groups -OCH3 is 1. The van der Waals surface area contributed by atoms with E-state index < -0.39 is 17.5 Å². The highest BCUT2D eigenvalue weighted by atomic mass is 19.1. The Hall–Kier alpha value is -3.41. The number of nitrogens with one attached hydrogen (secondary N) is 1. The third-order valence-electron chi connectivity index (χ3n) is 4.11. The molecular formula is C22H19F2NO3. The van der Waals surface area contributed by atoms with E-state index in [9.17, 15) is 13.6 Å². The van der Waals surface area contributed by atoms with Crippen molar-refractivity contribution in [1.29, 1.82) is 0 Å². The summed E-state index contributed by atoms with van der Waals surface area (Å²) in [7, 11) is 1.53. The van der Waals surface area contributed by atoms with Crippen LogP contribution >= 0.6 is 0 Å². The van der Waals surface area contributed by atoms with Gasteiger partial charge >= 0.3 is 0 Å². The summed E-state index contributed by atoms with van der Waals surface area (Å²) in [5.41, 5.74) is 1.93. The lowest BCUT2D eigenvalue weighted by Gasteiger charge is -2.13. The van der Waals surface area contributed by atoms with Crippen molar-refractivity contribution in [2.24, 2.45) is 0 Å². The summed E-state index contributed by atoms with van der Waals surface area (Å²) in [5.74, 6) is -0.812. The fraction of sp³-hybridized carbons (Fsp3) is 0.136. The summed E-state index contributed by atoms with van der Waals surface area (Å²) >= 11 is 0. The van der Waals surface area contributed by atoms with Crippen molar-refractivity contribution < 1.29 is 23.0 Å². The zero-order valence-corrected chi connectivity index (χ0v) is 15.5. The SMILES string of the molecule is COc1ccc(C(=O)Nc2ccc(F)cc2F)cc1COc1cccc(C)c1. The van der Waals surface area contributed by atoms with Crippen LogP contribution in [-0.4, -0.2) is 13.0 Å². The smallest absolute Gasteiger partial charge is 0.255 e. The van der Waals surface area contributed by atoms with Crippen molar-refractivity contribution in [2.75, 3.05) is 12.4 Å². The molecule has 3 aromatic rings. The first kappa shape index (κ1) is 19.4. The van der Waals surface area contributed by atoms with Gasteiger partial charge in [-0.15, -0.1) is 0 Å². The number of halogens is 2. The van der Waals surface area contributed by atoms with Crippen molar-refractivity contribution in [3.05, 3.63) is 89.0 Å². The molecule has 0 atom stereocenters. The van der Waals surface area contributed by atoms with Gasteiger partial charge in [0, 0.05) is 17.2 Å². The number of hydrogen-bond donors (Lipinski definition) is 1. The molecule has 0 aliphatic rings. The van der Waals surface area contributed by atoms with E-state index in [2.05, 4.69) is 5.32 Å². The minimum absolute atomic E-state index is 0.0974. The highest BCUT2D eigenvalue weighted by molar-refractivity contribution is 6.04. The number of amides is 1. The first-order valence-corrected chi connectivity index (χ1v) is 8.59. The van der Waals surface area contributed by atoms with Gasteiger partial charge in [-0.05, 0) is 55.0 Å². The lowest BCUT2D eigenvalue weighted by Crippen LogP contribution is -2.14. The quantitative estimate of drug-likeness (QED) is 0.643. The van der Waals surface area contributed by atoms with Gasteiger partial charge in [-0.2, -0.15) is 0 Å². The van der Waals surface area contributed by atoms with E-state index in [1.165, 1.54) is 13.2 Å². The maximum Gasteiger partial charge on any atom is 0.255 e. The monoisotopic (exact) mass is 383 g/mol.